The van der Waals surface area contributed by atoms with Crippen molar-refractivity contribution < 1.29 is 21.6 Å². The Hall–Kier alpha value is -0.960. The molecule has 0 spiro atoms. The lowest BCUT2D eigenvalue weighted by atomic mass is 10.1. The van der Waals surface area contributed by atoms with Crippen LogP contribution in [-0.4, -0.2) is 57.9 Å². The van der Waals surface area contributed by atoms with E-state index in [9.17, 15) is 16.8 Å². The average molecular weight is 400 g/mol. The van der Waals surface area contributed by atoms with Crippen LogP contribution in [0.15, 0.2) is 23.1 Å². The SMILES string of the molecule is O=S1(=O)CC[C@@H](N(C[C@H]2CCCO2)S(=O)(=O)c2ccc3c(c2)CCC3)C1. The molecule has 2 heterocycles. The van der Waals surface area contributed by atoms with Crippen molar-refractivity contribution in [3.8, 4) is 0 Å². The van der Waals surface area contributed by atoms with Crippen LogP contribution in [0.25, 0.3) is 0 Å². The molecule has 1 aliphatic carbocycles. The number of sulfonamides is 1. The molecule has 2 atom stereocenters. The maximum atomic E-state index is 13.4. The van der Waals surface area contributed by atoms with E-state index >= 15 is 0 Å². The van der Waals surface area contributed by atoms with Gasteiger partial charge >= 0.3 is 0 Å². The van der Waals surface area contributed by atoms with Crippen LogP contribution in [0.3, 0.4) is 0 Å². The molecule has 1 aromatic carbocycles. The van der Waals surface area contributed by atoms with E-state index in [0.717, 1.165) is 37.7 Å². The summed E-state index contributed by atoms with van der Waals surface area (Å²) in [5.74, 6) is -0.0384. The van der Waals surface area contributed by atoms with Crippen LogP contribution >= 0.6 is 0 Å². The van der Waals surface area contributed by atoms with E-state index in [0.29, 0.717) is 13.0 Å². The molecule has 0 unspecified atom stereocenters. The summed E-state index contributed by atoms with van der Waals surface area (Å²) in [6.45, 7) is 0.875. The lowest BCUT2D eigenvalue weighted by Crippen LogP contribution is -2.45. The van der Waals surface area contributed by atoms with Gasteiger partial charge in [0.15, 0.2) is 9.84 Å². The van der Waals surface area contributed by atoms with Gasteiger partial charge in [0.05, 0.1) is 22.5 Å². The first kappa shape index (κ1) is 18.4. The Labute approximate surface area is 155 Å². The summed E-state index contributed by atoms with van der Waals surface area (Å²) in [4.78, 5) is 0.278. The molecule has 4 rings (SSSR count). The highest BCUT2D eigenvalue weighted by Gasteiger charge is 2.40. The Morgan fingerprint density at radius 1 is 1.12 bits per heavy atom. The molecule has 0 amide bonds. The number of sulfone groups is 1. The molecule has 2 saturated heterocycles. The Kier molecular flexibility index (Phi) is 4.88. The molecule has 0 radical (unpaired) electrons. The standard InChI is InChI=1S/C18H25NO5S2/c20-25(21)10-8-16(13-25)19(12-17-5-2-9-24-17)26(22,23)18-7-6-14-3-1-4-15(14)11-18/h6-7,11,16-17H,1-5,8-10,12-13H2/t16-,17-/m1/s1. The highest BCUT2D eigenvalue weighted by Crippen LogP contribution is 2.30. The molecule has 26 heavy (non-hydrogen) atoms. The predicted molar refractivity (Wildman–Crippen MR) is 98.4 cm³/mol. The molecule has 144 valence electrons. The second kappa shape index (κ2) is 6.89. The predicted octanol–water partition coefficient (Wildman–Crippen LogP) is 1.53. The fourth-order valence-corrected chi connectivity index (χ4v) is 7.84. The van der Waals surface area contributed by atoms with Crippen molar-refractivity contribution in [2.75, 3.05) is 24.7 Å². The van der Waals surface area contributed by atoms with Crippen LogP contribution in [0.2, 0.25) is 0 Å². The van der Waals surface area contributed by atoms with Gasteiger partial charge in [0.1, 0.15) is 0 Å². The summed E-state index contributed by atoms with van der Waals surface area (Å²) < 4.78 is 57.7. The molecule has 0 N–H and O–H groups in total. The zero-order valence-electron chi connectivity index (χ0n) is 14.8. The summed E-state index contributed by atoms with van der Waals surface area (Å²) in [6.07, 6.45) is 4.90. The molecular formula is C18H25NO5S2. The number of ether oxygens (including phenoxy) is 1. The Bertz CT molecular complexity index is 888. The fraction of sp³-hybridized carbons (Fsp3) is 0.667. The first-order valence-electron chi connectivity index (χ1n) is 9.31. The minimum Gasteiger partial charge on any atom is -0.377 e. The van der Waals surface area contributed by atoms with Crippen LogP contribution in [0.1, 0.15) is 36.8 Å². The van der Waals surface area contributed by atoms with Crippen molar-refractivity contribution in [3.05, 3.63) is 29.3 Å². The van der Waals surface area contributed by atoms with Crippen molar-refractivity contribution in [1.29, 1.82) is 0 Å². The van der Waals surface area contributed by atoms with Crippen LogP contribution in [-0.2, 0) is 37.4 Å². The van der Waals surface area contributed by atoms with E-state index in [1.165, 1.54) is 9.87 Å². The quantitative estimate of drug-likeness (QED) is 0.750. The van der Waals surface area contributed by atoms with Crippen molar-refractivity contribution in [2.24, 2.45) is 0 Å². The summed E-state index contributed by atoms with van der Waals surface area (Å²) >= 11 is 0. The first-order valence-corrected chi connectivity index (χ1v) is 12.6. The molecule has 1 aromatic rings. The first-order chi connectivity index (χ1) is 12.4. The van der Waals surface area contributed by atoms with Crippen LogP contribution in [0.4, 0.5) is 0 Å². The largest absolute Gasteiger partial charge is 0.377 e. The highest BCUT2D eigenvalue weighted by molar-refractivity contribution is 7.92. The zero-order valence-corrected chi connectivity index (χ0v) is 16.4. The van der Waals surface area contributed by atoms with Gasteiger partial charge in [-0.2, -0.15) is 4.31 Å². The number of hydrogen-bond donors (Lipinski definition) is 0. The van der Waals surface area contributed by atoms with Gasteiger partial charge in [0.2, 0.25) is 10.0 Å². The third-order valence-electron chi connectivity index (χ3n) is 5.70. The van der Waals surface area contributed by atoms with Crippen molar-refractivity contribution in [1.82, 2.24) is 4.31 Å². The third-order valence-corrected chi connectivity index (χ3v) is 9.36. The van der Waals surface area contributed by atoms with E-state index in [2.05, 4.69) is 0 Å². The number of benzene rings is 1. The topological polar surface area (TPSA) is 80.8 Å². The molecule has 0 aromatic heterocycles. The van der Waals surface area contributed by atoms with E-state index in [-0.39, 0.29) is 29.0 Å². The number of rotatable bonds is 5. The number of aryl methyl sites for hydroxylation is 2. The van der Waals surface area contributed by atoms with Gasteiger partial charge in [-0.25, -0.2) is 16.8 Å². The van der Waals surface area contributed by atoms with Crippen molar-refractivity contribution in [3.63, 3.8) is 0 Å². The smallest absolute Gasteiger partial charge is 0.243 e. The van der Waals surface area contributed by atoms with E-state index in [1.54, 1.807) is 12.1 Å². The van der Waals surface area contributed by atoms with Gasteiger partial charge in [0, 0.05) is 19.2 Å². The van der Waals surface area contributed by atoms with Crippen molar-refractivity contribution in [2.45, 2.75) is 55.6 Å². The molecule has 2 fully saturated rings. The number of fused-ring (bicyclic) bond motifs is 1. The van der Waals surface area contributed by atoms with E-state index in [1.807, 2.05) is 6.07 Å². The maximum absolute atomic E-state index is 13.4. The molecule has 0 saturated carbocycles. The molecular weight excluding hydrogens is 374 g/mol. The van der Waals surface area contributed by atoms with E-state index < -0.39 is 25.9 Å². The summed E-state index contributed by atoms with van der Waals surface area (Å²) in [6, 6.07) is 4.86. The Balaban J connectivity index is 1.67. The molecule has 8 heteroatoms. The van der Waals surface area contributed by atoms with Gasteiger partial charge in [0.25, 0.3) is 0 Å². The second-order valence-corrected chi connectivity index (χ2v) is 11.7. The monoisotopic (exact) mass is 399 g/mol. The summed E-state index contributed by atoms with van der Waals surface area (Å²) in [5.41, 5.74) is 2.32. The number of hydrogen-bond acceptors (Lipinski definition) is 5. The maximum Gasteiger partial charge on any atom is 0.243 e. The van der Waals surface area contributed by atoms with Crippen molar-refractivity contribution >= 4 is 19.9 Å². The van der Waals surface area contributed by atoms with Gasteiger partial charge in [-0.15, -0.1) is 0 Å². The Morgan fingerprint density at radius 2 is 1.92 bits per heavy atom. The van der Waals surface area contributed by atoms with Gasteiger partial charge < -0.3 is 4.74 Å². The lowest BCUT2D eigenvalue weighted by Gasteiger charge is -2.29. The minimum atomic E-state index is -3.75. The average Bonchev–Trinajstić information content (AvgIpc) is 3.32. The van der Waals surface area contributed by atoms with Gasteiger partial charge in [-0.05, 0) is 61.8 Å². The van der Waals surface area contributed by atoms with E-state index in [4.69, 9.17) is 4.74 Å². The molecule has 2 aliphatic heterocycles. The summed E-state index contributed by atoms with van der Waals surface area (Å²) in [5, 5.41) is 0. The normalized spacial score (nSPS) is 27.9. The lowest BCUT2D eigenvalue weighted by molar-refractivity contribution is 0.0877. The van der Waals surface area contributed by atoms with Crippen LogP contribution in [0.5, 0.6) is 0 Å². The molecule has 0 bridgehead atoms. The molecule has 6 nitrogen and oxygen atoms in total. The van der Waals surface area contributed by atoms with Gasteiger partial charge in [-0.3, -0.25) is 0 Å². The minimum absolute atomic E-state index is 0.0550. The zero-order chi connectivity index (χ0) is 18.4. The fourth-order valence-electron chi connectivity index (χ4n) is 4.28. The summed E-state index contributed by atoms with van der Waals surface area (Å²) in [7, 11) is -6.93. The van der Waals surface area contributed by atoms with Gasteiger partial charge in [-0.1, -0.05) is 6.07 Å². The second-order valence-electron chi connectivity index (χ2n) is 7.55. The third kappa shape index (κ3) is 3.56. The Morgan fingerprint density at radius 3 is 2.62 bits per heavy atom. The van der Waals surface area contributed by atoms with Crippen LogP contribution < -0.4 is 0 Å². The highest BCUT2D eigenvalue weighted by atomic mass is 32.2. The van der Waals surface area contributed by atoms with Crippen LogP contribution in [0, 0.1) is 0 Å². The number of nitrogens with zero attached hydrogens (tertiary/aromatic N) is 1. The molecule has 3 aliphatic rings.